The predicted octanol–water partition coefficient (Wildman–Crippen LogP) is 5.91. The Hall–Kier alpha value is -3.89. The van der Waals surface area contributed by atoms with E-state index in [1.807, 2.05) is 36.5 Å². The minimum Gasteiger partial charge on any atom is -0.488 e. The zero-order valence-electron chi connectivity index (χ0n) is 18.1. The molecule has 34 heavy (non-hydrogen) atoms. The Morgan fingerprint density at radius 2 is 2.00 bits per heavy atom. The Morgan fingerprint density at radius 1 is 1.15 bits per heavy atom. The molecule has 4 aromatic rings. The second kappa shape index (κ2) is 10.8. The first kappa shape index (κ1) is 23.3. The average molecular weight is 518 g/mol. The minimum absolute atomic E-state index is 0.0132. The van der Waals surface area contributed by atoms with E-state index >= 15 is 0 Å². The van der Waals surface area contributed by atoms with Crippen molar-refractivity contribution in [2.75, 3.05) is 6.54 Å². The molecular weight excluding hydrogens is 497 g/mol. The first-order chi connectivity index (χ1) is 16.5. The maximum Gasteiger partial charge on any atom is 0.261 e. The number of carbonyl (C=O) groups excluding carboxylic acids is 1. The lowest BCUT2D eigenvalue weighted by Crippen LogP contribution is -2.26. The van der Waals surface area contributed by atoms with E-state index in [2.05, 4.69) is 26.2 Å². The number of aromatic nitrogens is 1. The van der Waals surface area contributed by atoms with E-state index in [4.69, 9.17) is 4.74 Å². The van der Waals surface area contributed by atoms with Crippen LogP contribution in [0.3, 0.4) is 0 Å². The van der Waals surface area contributed by atoms with Crippen molar-refractivity contribution in [3.63, 3.8) is 0 Å². The largest absolute Gasteiger partial charge is 0.488 e. The molecule has 1 amide bonds. The summed E-state index contributed by atoms with van der Waals surface area (Å²) in [5.41, 5.74) is 3.56. The minimum atomic E-state index is -0.426. The molecule has 0 spiro atoms. The van der Waals surface area contributed by atoms with E-state index in [0.717, 1.165) is 16.5 Å². The van der Waals surface area contributed by atoms with Gasteiger partial charge in [-0.15, -0.1) is 0 Å². The first-order valence-corrected chi connectivity index (χ1v) is 11.4. The van der Waals surface area contributed by atoms with Crippen LogP contribution in [0.25, 0.3) is 17.0 Å². The predicted molar refractivity (Wildman–Crippen MR) is 133 cm³/mol. The molecule has 0 unspecified atom stereocenters. The van der Waals surface area contributed by atoms with Gasteiger partial charge in [-0.1, -0.05) is 36.4 Å². The van der Waals surface area contributed by atoms with Gasteiger partial charge in [0.2, 0.25) is 0 Å². The van der Waals surface area contributed by atoms with E-state index in [1.165, 1.54) is 18.2 Å². The van der Waals surface area contributed by atoms with E-state index in [0.29, 0.717) is 34.3 Å². The molecule has 0 bridgehead atoms. The molecule has 0 saturated heterocycles. The Morgan fingerprint density at radius 3 is 2.79 bits per heavy atom. The molecule has 7 heteroatoms. The third kappa shape index (κ3) is 5.72. The fourth-order valence-corrected chi connectivity index (χ4v) is 4.08. The zero-order chi connectivity index (χ0) is 23.9. The summed E-state index contributed by atoms with van der Waals surface area (Å²) in [5, 5.41) is 13.4. The fourth-order valence-electron chi connectivity index (χ4n) is 3.57. The number of rotatable bonds is 8. The number of halogens is 2. The number of fused-ring (bicyclic) bond motifs is 1. The number of hydrogen-bond donors (Lipinski definition) is 2. The summed E-state index contributed by atoms with van der Waals surface area (Å²) in [7, 11) is 0. The lowest BCUT2D eigenvalue weighted by atomic mass is 10.1. The molecule has 0 radical (unpaired) electrons. The quantitative estimate of drug-likeness (QED) is 0.225. The first-order valence-electron chi connectivity index (χ1n) is 10.7. The van der Waals surface area contributed by atoms with Crippen molar-refractivity contribution >= 4 is 38.8 Å². The van der Waals surface area contributed by atoms with Crippen LogP contribution in [0.4, 0.5) is 4.39 Å². The van der Waals surface area contributed by atoms with Crippen molar-refractivity contribution in [3.05, 3.63) is 105 Å². The molecular formula is C27H21BrFN3O2. The molecule has 3 aromatic carbocycles. The molecule has 0 atom stereocenters. The SMILES string of the molecule is N#C/C(=C/c1ccc(OCc2cccc(F)c2)c(Br)c1)C(=O)NCCc1c[nH]c2ccccc12. The van der Waals surface area contributed by atoms with Gasteiger partial charge < -0.3 is 15.0 Å². The number of nitrogens with zero attached hydrogens (tertiary/aromatic N) is 1. The number of H-pyrrole nitrogens is 1. The van der Waals surface area contributed by atoms with Crippen molar-refractivity contribution in [1.29, 1.82) is 5.26 Å². The van der Waals surface area contributed by atoms with Crippen molar-refractivity contribution in [3.8, 4) is 11.8 Å². The van der Waals surface area contributed by atoms with Gasteiger partial charge in [-0.3, -0.25) is 4.79 Å². The lowest BCUT2D eigenvalue weighted by molar-refractivity contribution is -0.117. The second-order valence-corrected chi connectivity index (χ2v) is 8.50. The van der Waals surface area contributed by atoms with E-state index in [9.17, 15) is 14.4 Å². The molecule has 4 rings (SSSR count). The molecule has 0 saturated carbocycles. The second-order valence-electron chi connectivity index (χ2n) is 7.64. The third-order valence-electron chi connectivity index (χ3n) is 5.27. The van der Waals surface area contributed by atoms with Crippen molar-refractivity contribution in [2.45, 2.75) is 13.0 Å². The Bertz CT molecular complexity index is 1400. The highest BCUT2D eigenvalue weighted by Gasteiger charge is 2.11. The van der Waals surface area contributed by atoms with Crippen LogP contribution in [-0.4, -0.2) is 17.4 Å². The molecule has 0 aliphatic rings. The van der Waals surface area contributed by atoms with Gasteiger partial charge in [-0.25, -0.2) is 4.39 Å². The van der Waals surface area contributed by atoms with Crippen LogP contribution in [0, 0.1) is 17.1 Å². The standard InChI is InChI=1S/C27H21BrFN3O2/c28-24-14-18(8-9-26(24)34-17-19-4-3-5-22(29)13-19)12-21(15-30)27(33)31-11-10-20-16-32-25-7-2-1-6-23(20)25/h1-9,12-14,16,32H,10-11,17H2,(H,31,33)/b21-12-. The van der Waals surface area contributed by atoms with Crippen molar-refractivity contribution < 1.29 is 13.9 Å². The maximum atomic E-state index is 13.3. The third-order valence-corrected chi connectivity index (χ3v) is 5.89. The number of nitriles is 1. The number of hydrogen-bond acceptors (Lipinski definition) is 3. The average Bonchev–Trinajstić information content (AvgIpc) is 3.25. The summed E-state index contributed by atoms with van der Waals surface area (Å²) < 4.78 is 19.7. The zero-order valence-corrected chi connectivity index (χ0v) is 19.7. The molecule has 0 aliphatic heterocycles. The van der Waals surface area contributed by atoms with Crippen LogP contribution in [0.15, 0.2) is 83.0 Å². The van der Waals surface area contributed by atoms with Crippen LogP contribution >= 0.6 is 15.9 Å². The van der Waals surface area contributed by atoms with Gasteiger partial charge in [0, 0.05) is 23.6 Å². The Labute approximate surface area is 205 Å². The van der Waals surface area contributed by atoms with Crippen LogP contribution < -0.4 is 10.1 Å². The van der Waals surface area contributed by atoms with Crippen molar-refractivity contribution in [1.82, 2.24) is 10.3 Å². The highest BCUT2D eigenvalue weighted by Crippen LogP contribution is 2.28. The van der Waals surface area contributed by atoms with Crippen LogP contribution in [0.5, 0.6) is 5.75 Å². The van der Waals surface area contributed by atoms with Crippen LogP contribution in [0.2, 0.25) is 0 Å². The summed E-state index contributed by atoms with van der Waals surface area (Å²) in [6.45, 7) is 0.629. The summed E-state index contributed by atoms with van der Waals surface area (Å²) in [6, 6.07) is 21.4. The molecule has 170 valence electrons. The van der Waals surface area contributed by atoms with Gasteiger partial charge in [0.1, 0.15) is 29.8 Å². The van der Waals surface area contributed by atoms with Gasteiger partial charge in [0.05, 0.1) is 4.47 Å². The summed E-state index contributed by atoms with van der Waals surface area (Å²) >= 11 is 3.45. The number of nitrogens with one attached hydrogen (secondary N) is 2. The van der Waals surface area contributed by atoms with Crippen LogP contribution in [0.1, 0.15) is 16.7 Å². The normalized spacial score (nSPS) is 11.3. The molecule has 5 nitrogen and oxygen atoms in total. The number of aromatic amines is 1. The van der Waals surface area contributed by atoms with E-state index in [-0.39, 0.29) is 18.0 Å². The Balaban J connectivity index is 1.36. The van der Waals surface area contributed by atoms with Crippen molar-refractivity contribution in [2.24, 2.45) is 0 Å². The fraction of sp³-hybridized carbons (Fsp3) is 0.111. The van der Waals surface area contributed by atoms with E-state index in [1.54, 1.807) is 30.3 Å². The lowest BCUT2D eigenvalue weighted by Gasteiger charge is -2.09. The molecule has 1 aromatic heterocycles. The highest BCUT2D eigenvalue weighted by atomic mass is 79.9. The number of benzene rings is 3. The highest BCUT2D eigenvalue weighted by molar-refractivity contribution is 9.10. The molecule has 2 N–H and O–H groups in total. The summed E-state index contributed by atoms with van der Waals surface area (Å²) in [6.07, 6.45) is 4.12. The maximum absolute atomic E-state index is 13.3. The number of para-hydroxylation sites is 1. The van der Waals surface area contributed by atoms with Gasteiger partial charge in [0.25, 0.3) is 5.91 Å². The molecule has 0 fully saturated rings. The summed E-state index contributed by atoms with van der Waals surface area (Å²) in [4.78, 5) is 15.7. The monoisotopic (exact) mass is 517 g/mol. The van der Waals surface area contributed by atoms with Gasteiger partial charge in [-0.05, 0) is 75.4 Å². The molecule has 0 aliphatic carbocycles. The van der Waals surface area contributed by atoms with E-state index < -0.39 is 5.91 Å². The number of amides is 1. The van der Waals surface area contributed by atoms with Crippen LogP contribution in [-0.2, 0) is 17.8 Å². The summed E-state index contributed by atoms with van der Waals surface area (Å²) in [5.74, 6) is -0.169. The van der Waals surface area contributed by atoms with Gasteiger partial charge in [0.15, 0.2) is 0 Å². The van der Waals surface area contributed by atoms with Gasteiger partial charge >= 0.3 is 0 Å². The molecule has 1 heterocycles. The topological polar surface area (TPSA) is 77.9 Å². The Kier molecular flexibility index (Phi) is 7.41. The van der Waals surface area contributed by atoms with Gasteiger partial charge in [-0.2, -0.15) is 5.26 Å². The number of carbonyl (C=O) groups is 1. The smallest absolute Gasteiger partial charge is 0.261 e. The number of ether oxygens (including phenoxy) is 1.